The molecule has 1 saturated heterocycles. The van der Waals surface area contributed by atoms with Gasteiger partial charge in [0.25, 0.3) is 0 Å². The van der Waals surface area contributed by atoms with Crippen molar-refractivity contribution in [3.05, 3.63) is 34.3 Å². The largest absolute Gasteiger partial charge is 0.349 e. The number of hydrogen-bond acceptors (Lipinski definition) is 2. The van der Waals surface area contributed by atoms with Gasteiger partial charge in [0.15, 0.2) is 0 Å². The fraction of sp³-hybridized carbons (Fsp3) is 0.500. The average Bonchev–Trinajstić information content (AvgIpc) is 2.77. The predicted molar refractivity (Wildman–Crippen MR) is 76.3 cm³/mol. The lowest BCUT2D eigenvalue weighted by molar-refractivity contribution is -0.129. The predicted octanol–water partition coefficient (Wildman–Crippen LogP) is 2.63. The molecule has 98 valence electrons. The van der Waals surface area contributed by atoms with Crippen molar-refractivity contribution in [3.63, 3.8) is 0 Å². The van der Waals surface area contributed by atoms with Crippen molar-refractivity contribution in [1.82, 2.24) is 10.6 Å². The van der Waals surface area contributed by atoms with Crippen molar-refractivity contribution in [1.29, 1.82) is 0 Å². The standard InChI is InChI=1S/C14H19BrN2O/c1-10(11-4-3-5-12(15)8-11)17-13(18)14(2)6-7-16-9-14/h3-5,8,10,16H,6-7,9H2,1-2H3,(H,17,18)/t10-,14?/m0/s1. The van der Waals surface area contributed by atoms with Crippen molar-refractivity contribution in [2.75, 3.05) is 13.1 Å². The van der Waals surface area contributed by atoms with Gasteiger partial charge in [-0.1, -0.05) is 28.1 Å². The van der Waals surface area contributed by atoms with E-state index in [1.165, 1.54) is 0 Å². The summed E-state index contributed by atoms with van der Waals surface area (Å²) in [6.07, 6.45) is 0.907. The second kappa shape index (κ2) is 5.41. The maximum atomic E-state index is 12.3. The molecule has 4 heteroatoms. The number of carbonyl (C=O) groups is 1. The van der Waals surface area contributed by atoms with Gasteiger partial charge in [0.05, 0.1) is 11.5 Å². The van der Waals surface area contributed by atoms with E-state index in [0.29, 0.717) is 0 Å². The quantitative estimate of drug-likeness (QED) is 0.901. The highest BCUT2D eigenvalue weighted by Crippen LogP contribution is 2.26. The van der Waals surface area contributed by atoms with E-state index in [0.717, 1.165) is 29.5 Å². The molecule has 1 aromatic rings. The first-order chi connectivity index (χ1) is 8.51. The molecule has 2 rings (SSSR count). The fourth-order valence-electron chi connectivity index (χ4n) is 2.24. The molecule has 1 amide bonds. The summed E-state index contributed by atoms with van der Waals surface area (Å²) in [4.78, 5) is 12.3. The lowest BCUT2D eigenvalue weighted by atomic mass is 9.88. The molecular formula is C14H19BrN2O. The van der Waals surface area contributed by atoms with E-state index in [-0.39, 0.29) is 17.4 Å². The third-order valence-electron chi connectivity index (χ3n) is 3.61. The summed E-state index contributed by atoms with van der Waals surface area (Å²) < 4.78 is 1.04. The third-order valence-corrected chi connectivity index (χ3v) is 4.11. The van der Waals surface area contributed by atoms with Gasteiger partial charge >= 0.3 is 0 Å². The van der Waals surface area contributed by atoms with Gasteiger partial charge in [0.2, 0.25) is 5.91 Å². The molecule has 1 heterocycles. The highest BCUT2D eigenvalue weighted by molar-refractivity contribution is 9.10. The molecule has 0 aliphatic carbocycles. The molecule has 1 aliphatic rings. The van der Waals surface area contributed by atoms with Crippen LogP contribution in [0.2, 0.25) is 0 Å². The summed E-state index contributed by atoms with van der Waals surface area (Å²) >= 11 is 3.45. The van der Waals surface area contributed by atoms with Crippen LogP contribution in [0.4, 0.5) is 0 Å². The number of nitrogens with one attached hydrogen (secondary N) is 2. The molecule has 0 bridgehead atoms. The van der Waals surface area contributed by atoms with E-state index in [2.05, 4.69) is 26.6 Å². The first kappa shape index (κ1) is 13.6. The van der Waals surface area contributed by atoms with Crippen LogP contribution in [0, 0.1) is 5.41 Å². The lowest BCUT2D eigenvalue weighted by Crippen LogP contribution is -2.41. The molecule has 0 saturated carbocycles. The minimum atomic E-state index is -0.264. The SMILES string of the molecule is C[C@H](NC(=O)C1(C)CCNC1)c1cccc(Br)c1. The topological polar surface area (TPSA) is 41.1 Å². The molecule has 1 aliphatic heterocycles. The fourth-order valence-corrected chi connectivity index (χ4v) is 2.66. The van der Waals surface area contributed by atoms with E-state index >= 15 is 0 Å². The van der Waals surface area contributed by atoms with Crippen LogP contribution in [-0.2, 0) is 4.79 Å². The maximum Gasteiger partial charge on any atom is 0.227 e. The zero-order chi connectivity index (χ0) is 13.2. The number of rotatable bonds is 3. The summed E-state index contributed by atoms with van der Waals surface area (Å²) in [5, 5.41) is 6.35. The van der Waals surface area contributed by atoms with Crippen LogP contribution in [0.3, 0.4) is 0 Å². The van der Waals surface area contributed by atoms with Crippen molar-refractivity contribution >= 4 is 21.8 Å². The Balaban J connectivity index is 2.03. The van der Waals surface area contributed by atoms with Crippen molar-refractivity contribution in [2.45, 2.75) is 26.3 Å². The number of hydrogen-bond donors (Lipinski definition) is 2. The first-order valence-electron chi connectivity index (χ1n) is 6.28. The maximum absolute atomic E-state index is 12.3. The number of halogens is 1. The zero-order valence-corrected chi connectivity index (χ0v) is 12.4. The Morgan fingerprint density at radius 3 is 2.94 bits per heavy atom. The normalized spacial score (nSPS) is 24.8. The third kappa shape index (κ3) is 2.93. The van der Waals surface area contributed by atoms with Gasteiger partial charge in [0.1, 0.15) is 0 Å². The van der Waals surface area contributed by atoms with Gasteiger partial charge in [-0.25, -0.2) is 0 Å². The van der Waals surface area contributed by atoms with Gasteiger partial charge < -0.3 is 10.6 Å². The second-order valence-corrected chi connectivity index (χ2v) is 6.15. The van der Waals surface area contributed by atoms with Gasteiger partial charge in [0, 0.05) is 11.0 Å². The molecule has 0 aromatic heterocycles. The Morgan fingerprint density at radius 1 is 1.56 bits per heavy atom. The van der Waals surface area contributed by atoms with E-state index in [1.54, 1.807) is 0 Å². The van der Waals surface area contributed by atoms with Crippen molar-refractivity contribution in [2.24, 2.45) is 5.41 Å². The zero-order valence-electron chi connectivity index (χ0n) is 10.8. The molecule has 1 fully saturated rings. The van der Waals surface area contributed by atoms with Gasteiger partial charge in [-0.05, 0) is 44.5 Å². The molecule has 0 radical (unpaired) electrons. The molecule has 18 heavy (non-hydrogen) atoms. The van der Waals surface area contributed by atoms with E-state index in [1.807, 2.05) is 38.1 Å². The lowest BCUT2D eigenvalue weighted by Gasteiger charge is -2.24. The van der Waals surface area contributed by atoms with Crippen LogP contribution in [-0.4, -0.2) is 19.0 Å². The molecule has 1 unspecified atom stereocenters. The molecule has 2 atom stereocenters. The van der Waals surface area contributed by atoms with E-state index in [4.69, 9.17) is 0 Å². The molecule has 3 nitrogen and oxygen atoms in total. The Bertz CT molecular complexity index is 441. The number of benzene rings is 1. The Morgan fingerprint density at radius 2 is 2.33 bits per heavy atom. The van der Waals surface area contributed by atoms with E-state index in [9.17, 15) is 4.79 Å². The van der Waals surface area contributed by atoms with Crippen LogP contribution in [0.1, 0.15) is 31.9 Å². The molecule has 0 spiro atoms. The van der Waals surface area contributed by atoms with Gasteiger partial charge in [-0.3, -0.25) is 4.79 Å². The highest BCUT2D eigenvalue weighted by Gasteiger charge is 2.36. The van der Waals surface area contributed by atoms with Crippen LogP contribution >= 0.6 is 15.9 Å². The summed E-state index contributed by atoms with van der Waals surface area (Å²) in [6.45, 7) is 5.74. The van der Waals surface area contributed by atoms with Crippen LogP contribution in [0.25, 0.3) is 0 Å². The second-order valence-electron chi connectivity index (χ2n) is 5.24. The summed E-state index contributed by atoms with van der Waals surface area (Å²) in [7, 11) is 0. The number of carbonyl (C=O) groups excluding carboxylic acids is 1. The van der Waals surface area contributed by atoms with E-state index < -0.39 is 0 Å². The molecule has 1 aromatic carbocycles. The summed E-state index contributed by atoms with van der Waals surface area (Å²) in [6, 6.07) is 8.08. The minimum Gasteiger partial charge on any atom is -0.349 e. The Hall–Kier alpha value is -0.870. The van der Waals surface area contributed by atoms with Crippen LogP contribution in [0.15, 0.2) is 28.7 Å². The molecular weight excluding hydrogens is 292 g/mol. The minimum absolute atomic E-state index is 0.0347. The Kier molecular flexibility index (Phi) is 4.07. The van der Waals surface area contributed by atoms with Crippen LogP contribution < -0.4 is 10.6 Å². The van der Waals surface area contributed by atoms with Crippen molar-refractivity contribution < 1.29 is 4.79 Å². The average molecular weight is 311 g/mol. The highest BCUT2D eigenvalue weighted by atomic mass is 79.9. The smallest absolute Gasteiger partial charge is 0.227 e. The summed E-state index contributed by atoms with van der Waals surface area (Å²) in [5.74, 6) is 0.139. The van der Waals surface area contributed by atoms with Gasteiger partial charge in [-0.15, -0.1) is 0 Å². The van der Waals surface area contributed by atoms with Crippen molar-refractivity contribution in [3.8, 4) is 0 Å². The monoisotopic (exact) mass is 310 g/mol. The summed E-state index contributed by atoms with van der Waals surface area (Å²) in [5.41, 5.74) is 0.854. The van der Waals surface area contributed by atoms with Gasteiger partial charge in [-0.2, -0.15) is 0 Å². The van der Waals surface area contributed by atoms with Crippen LogP contribution in [0.5, 0.6) is 0 Å². The first-order valence-corrected chi connectivity index (χ1v) is 7.08. The molecule has 2 N–H and O–H groups in total. The number of amides is 1. The Labute approximate surface area is 116 Å².